The van der Waals surface area contributed by atoms with Crippen LogP contribution in [0, 0.1) is 5.92 Å². The number of benzene rings is 2. The summed E-state index contributed by atoms with van der Waals surface area (Å²) >= 11 is 0. The summed E-state index contributed by atoms with van der Waals surface area (Å²) in [6.45, 7) is 3.87. The van der Waals surface area contributed by atoms with Crippen molar-refractivity contribution >= 4 is 22.6 Å². The van der Waals surface area contributed by atoms with Gasteiger partial charge in [0.05, 0.1) is 0 Å². The Balaban J connectivity index is 2.05. The fraction of sp³-hybridized carbons (Fsp3) is 0.294. The van der Waals surface area contributed by atoms with E-state index in [9.17, 15) is 9.59 Å². The number of carbonyl (C=O) groups is 2. The minimum absolute atomic E-state index is 0.214. The van der Waals surface area contributed by atoms with Gasteiger partial charge in [-0.05, 0) is 35.2 Å². The number of hydrogen-bond acceptors (Lipinski definition) is 3. The molecule has 0 aliphatic carbocycles. The van der Waals surface area contributed by atoms with Crippen LogP contribution in [0.3, 0.4) is 0 Å². The Hall–Kier alpha value is -2.40. The van der Waals surface area contributed by atoms with Crippen molar-refractivity contribution in [1.82, 2.24) is 10.9 Å². The standard InChI is InChI=1S/C17H20N2O3/c1-11(2)9-15(17(21)22)18-19-16(20)14-8-7-12-5-3-4-6-13(12)10-14/h3-8,10-11,15,18H,9H2,1-2H3,(H,19,20)(H,21,22)/t15-/m0/s1. The fourth-order valence-corrected chi connectivity index (χ4v) is 2.25. The lowest BCUT2D eigenvalue weighted by Crippen LogP contribution is -2.48. The number of hydrogen-bond donors (Lipinski definition) is 3. The molecule has 1 atom stereocenters. The van der Waals surface area contributed by atoms with Crippen molar-refractivity contribution in [2.45, 2.75) is 26.3 Å². The number of amides is 1. The van der Waals surface area contributed by atoms with Crippen LogP contribution in [-0.4, -0.2) is 23.0 Å². The molecule has 0 unspecified atom stereocenters. The van der Waals surface area contributed by atoms with Crippen LogP contribution < -0.4 is 10.9 Å². The van der Waals surface area contributed by atoms with Gasteiger partial charge in [0.1, 0.15) is 6.04 Å². The zero-order valence-corrected chi connectivity index (χ0v) is 12.7. The summed E-state index contributed by atoms with van der Waals surface area (Å²) in [7, 11) is 0. The molecule has 0 radical (unpaired) electrons. The highest BCUT2D eigenvalue weighted by Gasteiger charge is 2.19. The third-order valence-corrected chi connectivity index (χ3v) is 3.38. The smallest absolute Gasteiger partial charge is 0.322 e. The van der Waals surface area contributed by atoms with E-state index in [4.69, 9.17) is 5.11 Å². The molecule has 0 aliphatic heterocycles. The minimum Gasteiger partial charge on any atom is -0.480 e. The summed E-state index contributed by atoms with van der Waals surface area (Å²) in [6, 6.07) is 12.3. The summed E-state index contributed by atoms with van der Waals surface area (Å²) in [4.78, 5) is 23.3. The normalized spacial score (nSPS) is 12.3. The summed E-state index contributed by atoms with van der Waals surface area (Å²) in [6.07, 6.45) is 0.438. The molecule has 0 saturated carbocycles. The highest BCUT2D eigenvalue weighted by molar-refractivity contribution is 5.98. The Kier molecular flexibility index (Phi) is 5.12. The van der Waals surface area contributed by atoms with Gasteiger partial charge in [-0.25, -0.2) is 5.43 Å². The number of carboxylic acid groups (broad SMARTS) is 1. The van der Waals surface area contributed by atoms with Gasteiger partial charge in [-0.2, -0.15) is 0 Å². The summed E-state index contributed by atoms with van der Waals surface area (Å²) in [5, 5.41) is 11.1. The molecule has 0 aliphatic rings. The van der Waals surface area contributed by atoms with Crippen molar-refractivity contribution in [2.75, 3.05) is 0 Å². The van der Waals surface area contributed by atoms with Crippen LogP contribution in [0.25, 0.3) is 10.8 Å². The lowest BCUT2D eigenvalue weighted by Gasteiger charge is -2.17. The molecule has 0 bridgehead atoms. The Morgan fingerprint density at radius 2 is 1.77 bits per heavy atom. The van der Waals surface area contributed by atoms with Gasteiger partial charge < -0.3 is 5.11 Å². The van der Waals surface area contributed by atoms with E-state index in [-0.39, 0.29) is 11.8 Å². The second kappa shape index (κ2) is 7.04. The van der Waals surface area contributed by atoms with E-state index in [2.05, 4.69) is 10.9 Å². The van der Waals surface area contributed by atoms with Gasteiger partial charge in [0.15, 0.2) is 0 Å². The first kappa shape index (κ1) is 16.0. The predicted molar refractivity (Wildman–Crippen MR) is 85.4 cm³/mol. The van der Waals surface area contributed by atoms with Crippen molar-refractivity contribution in [3.05, 3.63) is 48.0 Å². The number of carbonyl (C=O) groups excluding carboxylic acids is 1. The quantitative estimate of drug-likeness (QED) is 0.716. The van der Waals surface area contributed by atoms with Gasteiger partial charge in [-0.3, -0.25) is 15.0 Å². The maximum atomic E-state index is 12.1. The van der Waals surface area contributed by atoms with E-state index in [0.29, 0.717) is 12.0 Å². The fourth-order valence-electron chi connectivity index (χ4n) is 2.25. The van der Waals surface area contributed by atoms with Crippen LogP contribution in [0.15, 0.2) is 42.5 Å². The second-order valence-corrected chi connectivity index (χ2v) is 5.68. The molecule has 3 N–H and O–H groups in total. The number of rotatable bonds is 6. The van der Waals surface area contributed by atoms with Gasteiger partial charge in [-0.1, -0.05) is 44.2 Å². The van der Waals surface area contributed by atoms with E-state index in [1.54, 1.807) is 12.1 Å². The van der Waals surface area contributed by atoms with E-state index in [1.165, 1.54) is 0 Å². The maximum absolute atomic E-state index is 12.1. The third kappa shape index (κ3) is 4.05. The van der Waals surface area contributed by atoms with E-state index in [1.807, 2.05) is 44.2 Å². The average Bonchev–Trinajstić information content (AvgIpc) is 2.50. The van der Waals surface area contributed by atoms with Crippen molar-refractivity contribution in [2.24, 2.45) is 5.92 Å². The zero-order valence-electron chi connectivity index (χ0n) is 12.7. The van der Waals surface area contributed by atoms with Crippen molar-refractivity contribution < 1.29 is 14.7 Å². The molecule has 0 spiro atoms. The summed E-state index contributed by atoms with van der Waals surface area (Å²) < 4.78 is 0. The molecule has 2 rings (SSSR count). The number of carboxylic acids is 1. The van der Waals surface area contributed by atoms with Crippen LogP contribution in [0.1, 0.15) is 30.6 Å². The SMILES string of the molecule is CC(C)C[C@H](NNC(=O)c1ccc2ccccc2c1)C(=O)O. The molecule has 0 saturated heterocycles. The molecule has 0 fully saturated rings. The molecule has 22 heavy (non-hydrogen) atoms. The van der Waals surface area contributed by atoms with Crippen LogP contribution in [0.2, 0.25) is 0 Å². The maximum Gasteiger partial charge on any atom is 0.322 e. The molecule has 0 heterocycles. The molecule has 5 nitrogen and oxygen atoms in total. The Bertz CT molecular complexity index is 682. The van der Waals surface area contributed by atoms with E-state index >= 15 is 0 Å². The molecule has 5 heteroatoms. The first-order chi connectivity index (χ1) is 10.5. The lowest BCUT2D eigenvalue weighted by atomic mass is 10.0. The van der Waals surface area contributed by atoms with Gasteiger partial charge in [0.2, 0.25) is 0 Å². The van der Waals surface area contributed by atoms with Crippen LogP contribution >= 0.6 is 0 Å². The largest absolute Gasteiger partial charge is 0.480 e. The van der Waals surface area contributed by atoms with Gasteiger partial charge in [0.25, 0.3) is 5.91 Å². The summed E-state index contributed by atoms with van der Waals surface area (Å²) in [5.41, 5.74) is 5.56. The molecule has 1 amide bonds. The van der Waals surface area contributed by atoms with Crippen LogP contribution in [-0.2, 0) is 4.79 Å². The van der Waals surface area contributed by atoms with Gasteiger partial charge in [-0.15, -0.1) is 0 Å². The molecule has 116 valence electrons. The molecular formula is C17H20N2O3. The molecule has 2 aromatic carbocycles. The van der Waals surface area contributed by atoms with E-state index < -0.39 is 12.0 Å². The monoisotopic (exact) mass is 300 g/mol. The van der Waals surface area contributed by atoms with Crippen molar-refractivity contribution in [3.63, 3.8) is 0 Å². The van der Waals surface area contributed by atoms with Crippen LogP contribution in [0.5, 0.6) is 0 Å². The molecule has 2 aromatic rings. The third-order valence-electron chi connectivity index (χ3n) is 3.38. The second-order valence-electron chi connectivity index (χ2n) is 5.68. The zero-order chi connectivity index (χ0) is 16.1. The Labute approximate surface area is 129 Å². The van der Waals surface area contributed by atoms with Crippen molar-refractivity contribution in [3.8, 4) is 0 Å². The summed E-state index contributed by atoms with van der Waals surface area (Å²) in [5.74, 6) is -1.11. The number of hydrazine groups is 1. The highest BCUT2D eigenvalue weighted by Crippen LogP contribution is 2.15. The first-order valence-corrected chi connectivity index (χ1v) is 7.25. The molecule has 0 aromatic heterocycles. The van der Waals surface area contributed by atoms with Crippen molar-refractivity contribution in [1.29, 1.82) is 0 Å². The van der Waals surface area contributed by atoms with Crippen LogP contribution in [0.4, 0.5) is 0 Å². The highest BCUT2D eigenvalue weighted by atomic mass is 16.4. The predicted octanol–water partition coefficient (Wildman–Crippen LogP) is 2.57. The van der Waals surface area contributed by atoms with E-state index in [0.717, 1.165) is 10.8 Å². The Morgan fingerprint density at radius 3 is 2.41 bits per heavy atom. The molecular weight excluding hydrogens is 280 g/mol. The number of nitrogens with one attached hydrogen (secondary N) is 2. The lowest BCUT2D eigenvalue weighted by molar-refractivity contribution is -0.140. The number of aliphatic carboxylic acids is 1. The number of fused-ring (bicyclic) bond motifs is 1. The Morgan fingerprint density at radius 1 is 1.09 bits per heavy atom. The minimum atomic E-state index is -0.979. The average molecular weight is 300 g/mol. The van der Waals surface area contributed by atoms with Gasteiger partial charge in [0, 0.05) is 5.56 Å². The topological polar surface area (TPSA) is 78.4 Å². The first-order valence-electron chi connectivity index (χ1n) is 7.25. The van der Waals surface area contributed by atoms with Gasteiger partial charge >= 0.3 is 5.97 Å².